The van der Waals surface area contributed by atoms with Gasteiger partial charge in [0.15, 0.2) is 6.29 Å². The van der Waals surface area contributed by atoms with Gasteiger partial charge in [-0.2, -0.15) is 0 Å². The molecular weight excluding hydrogens is 416 g/mol. The van der Waals surface area contributed by atoms with Crippen LogP contribution in [0.5, 0.6) is 0 Å². The van der Waals surface area contributed by atoms with Crippen LogP contribution in [0.25, 0.3) is 0 Å². The summed E-state index contributed by atoms with van der Waals surface area (Å²) in [6.07, 6.45) is -5.03. The van der Waals surface area contributed by atoms with E-state index in [2.05, 4.69) is 0 Å². The Morgan fingerprint density at radius 1 is 0.774 bits per heavy atom. The van der Waals surface area contributed by atoms with Crippen LogP contribution < -0.4 is 0 Å². The van der Waals surface area contributed by atoms with Gasteiger partial charge in [-0.15, -0.1) is 0 Å². The third-order valence-electron chi connectivity index (χ3n) is 5.59. The average Bonchev–Trinajstić information content (AvgIpc) is 2.77. The van der Waals surface area contributed by atoms with Crippen molar-refractivity contribution in [2.24, 2.45) is 0 Å². The third-order valence-corrected chi connectivity index (χ3v) is 5.59. The number of esters is 1. The van der Waals surface area contributed by atoms with Crippen LogP contribution in [-0.4, -0.2) is 124 Å². The molecule has 2 aliphatic rings. The summed E-state index contributed by atoms with van der Waals surface area (Å²) in [7, 11) is 9.36. The maximum Gasteiger partial charge on any atom is 0.302 e. The summed E-state index contributed by atoms with van der Waals surface area (Å²) in [6, 6.07) is 0. The highest BCUT2D eigenvalue weighted by Gasteiger charge is 2.51. The van der Waals surface area contributed by atoms with E-state index in [1.165, 1.54) is 21.1 Å². The second-order valence-electron chi connectivity index (χ2n) is 7.35. The van der Waals surface area contributed by atoms with E-state index in [0.29, 0.717) is 6.61 Å². The molecule has 2 saturated heterocycles. The summed E-state index contributed by atoms with van der Waals surface area (Å²) in [5.74, 6) is -0.429. The maximum atomic E-state index is 11.4. The zero-order valence-electron chi connectivity index (χ0n) is 19.3. The molecule has 2 fully saturated rings. The number of methoxy groups -OCH3 is 6. The van der Waals surface area contributed by atoms with Crippen molar-refractivity contribution >= 4 is 5.97 Å². The van der Waals surface area contributed by atoms with Gasteiger partial charge < -0.3 is 47.4 Å². The zero-order chi connectivity index (χ0) is 23.0. The molecule has 2 aliphatic heterocycles. The lowest BCUT2D eigenvalue weighted by Gasteiger charge is -2.48. The number of carbonyl (C=O) groups excluding carboxylic acids is 1. The van der Waals surface area contributed by atoms with Crippen molar-refractivity contribution in [3.63, 3.8) is 0 Å². The minimum Gasteiger partial charge on any atom is -0.463 e. The topological polar surface area (TPSA) is 109 Å². The van der Waals surface area contributed by atoms with E-state index >= 15 is 0 Å². The van der Waals surface area contributed by atoms with Gasteiger partial charge in [0, 0.05) is 49.6 Å². The monoisotopic (exact) mass is 452 g/mol. The molecule has 11 nitrogen and oxygen atoms in total. The molecule has 0 aromatic carbocycles. The Balaban J connectivity index is 2.28. The second-order valence-corrected chi connectivity index (χ2v) is 7.35. The molecular formula is C20H36O11. The average molecular weight is 452 g/mol. The van der Waals surface area contributed by atoms with E-state index in [4.69, 9.17) is 47.4 Å². The van der Waals surface area contributed by atoms with E-state index in [0.717, 1.165) is 0 Å². The van der Waals surface area contributed by atoms with Crippen LogP contribution in [0.2, 0.25) is 0 Å². The summed E-state index contributed by atoms with van der Waals surface area (Å²) >= 11 is 0. The lowest BCUT2D eigenvalue weighted by atomic mass is 9.97. The molecule has 0 amide bonds. The molecule has 9 unspecified atom stereocenters. The van der Waals surface area contributed by atoms with E-state index < -0.39 is 55.0 Å². The second kappa shape index (κ2) is 13.0. The first kappa shape index (κ1) is 26.4. The third kappa shape index (κ3) is 6.34. The SMILES string of the molecule is COCC1OCC(OC)C(OC)C1OC1OC(COC(C)=O)C(OC)C(OC)C1OC. The summed E-state index contributed by atoms with van der Waals surface area (Å²) < 4.78 is 57.0. The van der Waals surface area contributed by atoms with Crippen molar-refractivity contribution in [1.29, 1.82) is 0 Å². The van der Waals surface area contributed by atoms with Crippen molar-refractivity contribution in [1.82, 2.24) is 0 Å². The molecule has 0 aromatic rings. The molecule has 11 heteroatoms. The minimum absolute atomic E-state index is 0.0267. The first-order valence-electron chi connectivity index (χ1n) is 10.1. The number of carbonyl (C=O) groups is 1. The molecule has 0 aromatic heterocycles. The van der Waals surface area contributed by atoms with Crippen LogP contribution in [0, 0.1) is 0 Å². The summed E-state index contributed by atoms with van der Waals surface area (Å²) in [5.41, 5.74) is 0. The number of rotatable bonds is 11. The van der Waals surface area contributed by atoms with Crippen molar-refractivity contribution in [3.05, 3.63) is 0 Å². The zero-order valence-corrected chi connectivity index (χ0v) is 19.3. The first-order valence-corrected chi connectivity index (χ1v) is 10.1. The number of hydrogen-bond acceptors (Lipinski definition) is 11. The lowest BCUT2D eigenvalue weighted by molar-refractivity contribution is -0.345. The Bertz CT molecular complexity index is 533. The van der Waals surface area contributed by atoms with E-state index in [1.54, 1.807) is 28.4 Å². The van der Waals surface area contributed by atoms with Crippen molar-refractivity contribution in [2.75, 3.05) is 62.5 Å². The Hall–Kier alpha value is -0.890. The largest absolute Gasteiger partial charge is 0.463 e. The Labute approximate surface area is 183 Å². The van der Waals surface area contributed by atoms with Gasteiger partial charge in [-0.05, 0) is 0 Å². The van der Waals surface area contributed by atoms with E-state index in [-0.39, 0.29) is 19.3 Å². The molecule has 0 N–H and O–H groups in total. The number of ether oxygens (including phenoxy) is 10. The van der Waals surface area contributed by atoms with Gasteiger partial charge in [0.2, 0.25) is 0 Å². The number of hydrogen-bond donors (Lipinski definition) is 0. The van der Waals surface area contributed by atoms with Gasteiger partial charge in [0.05, 0.1) is 13.2 Å². The van der Waals surface area contributed by atoms with Crippen LogP contribution >= 0.6 is 0 Å². The summed E-state index contributed by atoms with van der Waals surface area (Å²) in [5, 5.41) is 0. The van der Waals surface area contributed by atoms with Crippen molar-refractivity contribution in [3.8, 4) is 0 Å². The summed E-state index contributed by atoms with van der Waals surface area (Å²) in [6.45, 7) is 1.93. The van der Waals surface area contributed by atoms with Crippen LogP contribution in [-0.2, 0) is 52.2 Å². The summed E-state index contributed by atoms with van der Waals surface area (Å²) in [4.78, 5) is 11.4. The highest BCUT2D eigenvalue weighted by molar-refractivity contribution is 5.65. The fraction of sp³-hybridized carbons (Fsp3) is 0.950. The molecule has 9 atom stereocenters. The fourth-order valence-corrected chi connectivity index (χ4v) is 4.07. The molecule has 0 spiro atoms. The van der Waals surface area contributed by atoms with Gasteiger partial charge in [0.1, 0.15) is 55.4 Å². The molecule has 31 heavy (non-hydrogen) atoms. The standard InChI is InChI=1S/C20H36O11/c1-11(21)28-10-14-16(25-5)18(26-6)19(27-7)20(30-14)31-17-13(8-22-2)29-9-12(23-3)15(17)24-4/h12-20H,8-10H2,1-7H3. The van der Waals surface area contributed by atoms with Gasteiger partial charge in [0.25, 0.3) is 0 Å². The van der Waals surface area contributed by atoms with Gasteiger partial charge in [-0.1, -0.05) is 0 Å². The molecule has 2 heterocycles. The quantitative estimate of drug-likeness (QED) is 0.388. The molecule has 0 saturated carbocycles. The van der Waals surface area contributed by atoms with Crippen LogP contribution in [0.1, 0.15) is 6.92 Å². The van der Waals surface area contributed by atoms with Crippen molar-refractivity contribution in [2.45, 2.75) is 62.0 Å². The lowest BCUT2D eigenvalue weighted by Crippen LogP contribution is -2.64. The molecule has 0 aliphatic carbocycles. The Morgan fingerprint density at radius 3 is 1.94 bits per heavy atom. The maximum absolute atomic E-state index is 11.4. The minimum atomic E-state index is -0.886. The Morgan fingerprint density at radius 2 is 1.42 bits per heavy atom. The fourth-order valence-electron chi connectivity index (χ4n) is 4.07. The first-order chi connectivity index (χ1) is 14.9. The molecule has 0 bridgehead atoms. The van der Waals surface area contributed by atoms with E-state index in [1.807, 2.05) is 0 Å². The van der Waals surface area contributed by atoms with E-state index in [9.17, 15) is 4.79 Å². The normalized spacial score (nSPS) is 38.7. The highest BCUT2D eigenvalue weighted by Crippen LogP contribution is 2.32. The molecule has 182 valence electrons. The van der Waals surface area contributed by atoms with Gasteiger partial charge in [-0.25, -0.2) is 0 Å². The van der Waals surface area contributed by atoms with Crippen LogP contribution in [0.15, 0.2) is 0 Å². The smallest absolute Gasteiger partial charge is 0.302 e. The molecule has 2 rings (SSSR count). The van der Waals surface area contributed by atoms with Gasteiger partial charge >= 0.3 is 5.97 Å². The van der Waals surface area contributed by atoms with Crippen molar-refractivity contribution < 1.29 is 52.2 Å². The predicted octanol–water partition coefficient (Wildman–Crippen LogP) is -0.220. The van der Waals surface area contributed by atoms with Crippen LogP contribution in [0.3, 0.4) is 0 Å². The van der Waals surface area contributed by atoms with Crippen LogP contribution in [0.4, 0.5) is 0 Å². The molecule has 0 radical (unpaired) electrons. The highest BCUT2D eigenvalue weighted by atomic mass is 16.7. The van der Waals surface area contributed by atoms with Gasteiger partial charge in [-0.3, -0.25) is 4.79 Å². The Kier molecular flexibility index (Phi) is 11.0. The predicted molar refractivity (Wildman–Crippen MR) is 106 cm³/mol.